The third kappa shape index (κ3) is 10.4. The molecule has 0 saturated heterocycles. The van der Waals surface area contributed by atoms with Crippen LogP contribution in [-0.2, 0) is 10.9 Å². The van der Waals surface area contributed by atoms with Crippen LogP contribution in [0.15, 0.2) is 192 Å². The van der Waals surface area contributed by atoms with Crippen LogP contribution >= 0.6 is 28.5 Å². The first-order valence-electron chi connectivity index (χ1n) is 26.8. The predicted octanol–water partition coefficient (Wildman–Crippen LogP) is 16.8. The Kier molecular flexibility index (Phi) is 17.4. The van der Waals surface area contributed by atoms with Crippen LogP contribution in [0.5, 0.6) is 0 Å². The Bertz CT molecular complexity index is 2980. The quantitative estimate of drug-likeness (QED) is 0.0860. The van der Waals surface area contributed by atoms with E-state index in [1.807, 2.05) is 0 Å². The fourth-order valence-corrected chi connectivity index (χ4v) is 24.1. The molecule has 0 N–H and O–H groups in total. The molecule has 75 heavy (non-hydrogen) atoms. The third-order valence-corrected chi connectivity index (χ3v) is 27.5. The van der Waals surface area contributed by atoms with Gasteiger partial charge in [-0.15, -0.1) is 0 Å². The zero-order chi connectivity index (χ0) is 54.0. The zero-order valence-corrected chi connectivity index (χ0v) is 52.8. The van der Waals surface area contributed by atoms with Crippen LogP contribution in [-0.4, -0.2) is 27.6 Å². The summed E-state index contributed by atoms with van der Waals surface area (Å²) in [6.07, 6.45) is 0. The Morgan fingerprint density at radius 2 is 0.613 bits per heavy atom. The third-order valence-electron chi connectivity index (χ3n) is 15.9. The van der Waals surface area contributed by atoms with Gasteiger partial charge in [-0.3, -0.25) is 0 Å². The molecule has 0 spiro atoms. The van der Waals surface area contributed by atoms with Gasteiger partial charge < -0.3 is 0 Å². The number of aliphatic imine (C=N–C) groups is 2. The van der Waals surface area contributed by atoms with E-state index in [9.17, 15) is 0 Å². The van der Waals surface area contributed by atoms with Crippen molar-refractivity contribution in [1.29, 1.82) is 0 Å². The van der Waals surface area contributed by atoms with Crippen molar-refractivity contribution in [2.24, 2.45) is 9.98 Å². The van der Waals surface area contributed by atoms with E-state index >= 15 is 0 Å². The van der Waals surface area contributed by atoms with Crippen LogP contribution in [0.3, 0.4) is 0 Å². The fourth-order valence-electron chi connectivity index (χ4n) is 12.6. The van der Waals surface area contributed by atoms with Crippen LogP contribution in [0.25, 0.3) is 10.8 Å². The normalized spacial score (nSPS) is 14.2. The number of rotatable bonds is 12. The summed E-state index contributed by atoms with van der Waals surface area (Å²) in [5.41, 5.74) is 11.6. The van der Waals surface area contributed by atoms with Gasteiger partial charge in [0.05, 0.1) is 22.8 Å². The molecule has 9 rings (SSSR count). The molecule has 8 aromatic carbocycles. The van der Waals surface area contributed by atoms with Crippen molar-refractivity contribution in [1.82, 2.24) is 0 Å². The average Bonchev–Trinajstić information content (AvgIpc) is 3.69. The van der Waals surface area contributed by atoms with Gasteiger partial charge in [0.15, 0.2) is 16.1 Å². The van der Waals surface area contributed by atoms with Crippen molar-refractivity contribution in [3.8, 4) is 0 Å². The van der Waals surface area contributed by atoms with Crippen molar-refractivity contribution in [3.63, 3.8) is 0 Å². The molecule has 1 aliphatic rings. The van der Waals surface area contributed by atoms with Crippen molar-refractivity contribution >= 4 is 109 Å². The van der Waals surface area contributed by atoms with E-state index in [2.05, 4.69) is 307 Å². The van der Waals surface area contributed by atoms with E-state index in [1.54, 1.807) is 0 Å². The number of benzene rings is 8. The number of hydrogen-bond donors (Lipinski definition) is 0. The Morgan fingerprint density at radius 3 is 0.840 bits per heavy atom. The van der Waals surface area contributed by atoms with Gasteiger partial charge in [0.1, 0.15) is 0 Å². The summed E-state index contributed by atoms with van der Waals surface area (Å²) in [6, 6.07) is 69.4. The molecule has 0 fully saturated rings. The van der Waals surface area contributed by atoms with Gasteiger partial charge in [0.2, 0.25) is 0 Å². The average molecular weight is 1200 g/mol. The number of halogens is 2. The van der Waals surface area contributed by atoms with Gasteiger partial charge in [-0.25, -0.2) is 9.98 Å². The van der Waals surface area contributed by atoms with E-state index < -0.39 is 16.1 Å². The van der Waals surface area contributed by atoms with E-state index in [0.717, 1.165) is 33.9 Å². The molecule has 0 atom stereocenters. The molecule has 0 radical (unpaired) electrons. The summed E-state index contributed by atoms with van der Waals surface area (Å²) >= 11 is 6.00. The Hall–Kier alpha value is -4.75. The number of nitrogens with zero attached hydrogens (tertiary/aromatic N) is 2. The van der Waals surface area contributed by atoms with Gasteiger partial charge in [-0.1, -0.05) is 279 Å². The van der Waals surface area contributed by atoms with E-state index in [1.165, 1.54) is 75.0 Å². The summed E-state index contributed by atoms with van der Waals surface area (Å²) in [5, 5.41) is 11.0. The van der Waals surface area contributed by atoms with Gasteiger partial charge in [0.25, 0.3) is 0 Å². The standard InChI is InChI=1S/C68H76N2Si2.2BrH.Ni/c1-45(2)58-41-54(71(67(9,10)11,50-31-19-15-20-32-50)51-33-21-16-22-34-51)42-59(46(3)4)63(58)69-65-56-39-27-29-49-30-28-40-57(62(49)56)66(65)70-64-60(47(5)6)43-55(44-61(64)48(7)8)72(68(12,13)14,52-35-23-17-24-36-52)53-37-25-18-26-38-53;;;/h15-48H,1-14H3;2*1H;/q;;;+2/p-2. The van der Waals surface area contributed by atoms with Crippen molar-refractivity contribution < 1.29 is 10.9 Å². The van der Waals surface area contributed by atoms with E-state index in [4.69, 9.17) is 9.98 Å². The van der Waals surface area contributed by atoms with E-state index in [0.29, 0.717) is 0 Å². The Labute approximate surface area is 472 Å². The van der Waals surface area contributed by atoms with Crippen LogP contribution < -0.4 is 31.1 Å². The summed E-state index contributed by atoms with van der Waals surface area (Å²) in [4.78, 5) is 12.1. The first-order chi connectivity index (χ1) is 35.7. The maximum absolute atomic E-state index is 6.07. The maximum atomic E-state index is 6.07. The fraction of sp³-hybridized carbons (Fsp3) is 0.294. The molecule has 390 valence electrons. The van der Waals surface area contributed by atoms with Crippen molar-refractivity contribution in [2.75, 3.05) is 0 Å². The zero-order valence-electron chi connectivity index (χ0n) is 46.6. The minimum atomic E-state index is -2.68. The monoisotopic (exact) mass is 1190 g/mol. The molecule has 2 nitrogen and oxygen atoms in total. The first kappa shape index (κ1) is 56.5. The van der Waals surface area contributed by atoms with Crippen molar-refractivity contribution in [2.45, 2.75) is 131 Å². The molecule has 0 aromatic heterocycles. The topological polar surface area (TPSA) is 24.7 Å². The van der Waals surface area contributed by atoms with Crippen molar-refractivity contribution in [3.05, 3.63) is 215 Å². The van der Waals surface area contributed by atoms with Gasteiger partial charge in [-0.2, -0.15) is 0 Å². The molecule has 0 unspecified atom stereocenters. The van der Waals surface area contributed by atoms with Gasteiger partial charge in [-0.05, 0) is 92.5 Å². The molecule has 0 amide bonds. The molecule has 0 bridgehead atoms. The van der Waals surface area contributed by atoms with Crippen LogP contribution in [0, 0.1) is 0 Å². The second kappa shape index (κ2) is 23.1. The van der Waals surface area contributed by atoms with E-state index in [-0.39, 0.29) is 33.7 Å². The molecule has 0 heterocycles. The van der Waals surface area contributed by atoms with Crippen LogP contribution in [0.1, 0.15) is 154 Å². The molecular weight excluding hydrogens is 1120 g/mol. The molecule has 0 saturated carbocycles. The minimum absolute atomic E-state index is 0.0524. The Balaban J connectivity index is 0.00000243. The van der Waals surface area contributed by atoms with Crippen LogP contribution in [0.2, 0.25) is 10.1 Å². The first-order valence-corrected chi connectivity index (χ1v) is 35.7. The molecule has 8 aromatic rings. The number of hydrogen-bond acceptors (Lipinski definition) is 2. The second-order valence-electron chi connectivity index (χ2n) is 23.8. The molecule has 1 aliphatic carbocycles. The summed E-state index contributed by atoms with van der Waals surface area (Å²) in [5.74, 6) is 0.867. The van der Waals surface area contributed by atoms with Gasteiger partial charge in [0, 0.05) is 16.5 Å². The summed E-state index contributed by atoms with van der Waals surface area (Å²) < 4.78 is 0. The summed E-state index contributed by atoms with van der Waals surface area (Å²) in [6.45, 7) is 33.6. The van der Waals surface area contributed by atoms with Crippen LogP contribution in [0.4, 0.5) is 11.4 Å². The second-order valence-corrected chi connectivity index (χ2v) is 38.2. The molecule has 7 heteroatoms. The van der Waals surface area contributed by atoms with Gasteiger partial charge >= 0.3 is 39.3 Å². The molecule has 0 aliphatic heterocycles. The summed E-state index contributed by atoms with van der Waals surface area (Å²) in [7, 11) is -4.11. The Morgan fingerprint density at radius 1 is 0.360 bits per heavy atom. The molecular formula is C68H76Br2N2NiSi2. The SMILES string of the molecule is CC(C)c1cc([Si](c2ccccc2)(c2ccccc2)C(C)(C)C)cc(C(C)C)c1N=C1C(=Nc2c(C(C)C)cc([Si](c3ccccc3)(c3ccccc3)C(C)(C)C)cc2C(C)C)c2cccc3cccc1c23.[Br][Ni][Br]. The predicted molar refractivity (Wildman–Crippen MR) is 338 cm³/mol.